The van der Waals surface area contributed by atoms with Crippen LogP contribution in [-0.2, 0) is 12.6 Å². The van der Waals surface area contributed by atoms with Crippen LogP contribution >= 0.6 is 11.3 Å². The number of hydrogen-bond acceptors (Lipinski definition) is 3. The molecule has 0 fully saturated rings. The van der Waals surface area contributed by atoms with Crippen molar-refractivity contribution in [1.82, 2.24) is 4.98 Å². The zero-order valence-corrected chi connectivity index (χ0v) is 11.1. The van der Waals surface area contributed by atoms with Crippen LogP contribution in [0.5, 0.6) is 0 Å². The Labute approximate surface area is 113 Å². The Hall–Kier alpha value is -1.40. The molecule has 0 saturated carbocycles. The summed E-state index contributed by atoms with van der Waals surface area (Å²) in [6.07, 6.45) is -3.77. The van der Waals surface area contributed by atoms with E-state index in [1.165, 1.54) is 23.5 Å². The summed E-state index contributed by atoms with van der Waals surface area (Å²) < 4.78 is 37.2. The fraction of sp³-hybridized carbons (Fsp3) is 0.308. The Bertz CT molecular complexity index is 544. The van der Waals surface area contributed by atoms with Crippen molar-refractivity contribution in [2.45, 2.75) is 25.6 Å². The van der Waals surface area contributed by atoms with Crippen molar-refractivity contribution in [3.63, 3.8) is 0 Å². The van der Waals surface area contributed by atoms with Crippen molar-refractivity contribution in [3.8, 4) is 0 Å². The average Bonchev–Trinajstić information content (AvgIpc) is 2.77. The van der Waals surface area contributed by atoms with Gasteiger partial charge in [0.05, 0.1) is 16.3 Å². The molecule has 2 rings (SSSR count). The molecule has 2 nitrogen and oxygen atoms in total. The molecule has 0 aliphatic rings. The summed E-state index contributed by atoms with van der Waals surface area (Å²) in [5, 5.41) is 2.73. The van der Waals surface area contributed by atoms with Gasteiger partial charge in [0.2, 0.25) is 0 Å². The van der Waals surface area contributed by atoms with Gasteiger partial charge in [-0.3, -0.25) is 0 Å². The third-order valence-electron chi connectivity index (χ3n) is 2.67. The van der Waals surface area contributed by atoms with Crippen LogP contribution in [0.25, 0.3) is 0 Å². The fourth-order valence-electron chi connectivity index (χ4n) is 1.60. The Morgan fingerprint density at radius 3 is 2.37 bits per heavy atom. The van der Waals surface area contributed by atoms with Gasteiger partial charge < -0.3 is 5.73 Å². The first kappa shape index (κ1) is 14.0. The molecule has 1 heterocycles. The number of nitrogens with zero attached hydrogens (tertiary/aromatic N) is 1. The highest BCUT2D eigenvalue weighted by molar-refractivity contribution is 7.09. The lowest BCUT2D eigenvalue weighted by atomic mass is 10.1. The maximum Gasteiger partial charge on any atom is 0.416 e. The van der Waals surface area contributed by atoms with Crippen molar-refractivity contribution in [2.24, 2.45) is 5.73 Å². The average molecular weight is 286 g/mol. The van der Waals surface area contributed by atoms with E-state index >= 15 is 0 Å². The van der Waals surface area contributed by atoms with Crippen LogP contribution in [0, 0.1) is 0 Å². The summed E-state index contributed by atoms with van der Waals surface area (Å²) in [5.41, 5.74) is 6.69. The summed E-state index contributed by atoms with van der Waals surface area (Å²) in [5.74, 6) is 0. The maximum atomic E-state index is 12.4. The Morgan fingerprint density at radius 1 is 1.26 bits per heavy atom. The van der Waals surface area contributed by atoms with E-state index in [0.717, 1.165) is 28.4 Å². The highest BCUT2D eigenvalue weighted by Crippen LogP contribution is 2.29. The molecule has 19 heavy (non-hydrogen) atoms. The molecule has 2 aromatic rings. The predicted molar refractivity (Wildman–Crippen MR) is 69.0 cm³/mol. The minimum absolute atomic E-state index is 0.127. The van der Waals surface area contributed by atoms with E-state index in [0.29, 0.717) is 6.42 Å². The number of nitrogens with two attached hydrogens (primary N) is 1. The van der Waals surface area contributed by atoms with Crippen molar-refractivity contribution in [2.75, 3.05) is 0 Å². The lowest BCUT2D eigenvalue weighted by molar-refractivity contribution is -0.137. The number of benzene rings is 1. The molecule has 6 heteroatoms. The molecular formula is C13H13F3N2S. The number of rotatable bonds is 3. The van der Waals surface area contributed by atoms with E-state index in [4.69, 9.17) is 5.73 Å². The van der Waals surface area contributed by atoms with Crippen LogP contribution < -0.4 is 5.73 Å². The fourth-order valence-corrected chi connectivity index (χ4v) is 2.53. The maximum absolute atomic E-state index is 12.4. The summed E-state index contributed by atoms with van der Waals surface area (Å²) in [7, 11) is 0. The van der Waals surface area contributed by atoms with Crippen molar-refractivity contribution >= 4 is 11.3 Å². The number of alkyl halides is 3. The van der Waals surface area contributed by atoms with Gasteiger partial charge in [0.25, 0.3) is 0 Å². The zero-order valence-electron chi connectivity index (χ0n) is 10.2. The highest BCUT2D eigenvalue weighted by atomic mass is 32.1. The second-order valence-electron chi connectivity index (χ2n) is 4.33. The van der Waals surface area contributed by atoms with Crippen LogP contribution in [0.4, 0.5) is 13.2 Å². The quantitative estimate of drug-likeness (QED) is 0.932. The normalized spacial score (nSPS) is 13.5. The molecule has 1 unspecified atom stereocenters. The third kappa shape index (κ3) is 3.54. The molecule has 1 aromatic heterocycles. The SMILES string of the molecule is CC(N)c1csc(Cc2ccc(C(F)(F)F)cc2)n1. The minimum atomic E-state index is -4.29. The minimum Gasteiger partial charge on any atom is -0.323 e. The van der Waals surface area contributed by atoms with Gasteiger partial charge >= 0.3 is 6.18 Å². The highest BCUT2D eigenvalue weighted by Gasteiger charge is 2.29. The van der Waals surface area contributed by atoms with Gasteiger partial charge in [-0.2, -0.15) is 13.2 Å². The first-order valence-electron chi connectivity index (χ1n) is 5.72. The molecule has 0 radical (unpaired) electrons. The van der Waals surface area contributed by atoms with Crippen LogP contribution in [0.2, 0.25) is 0 Å². The van der Waals surface area contributed by atoms with Gasteiger partial charge in [0.15, 0.2) is 0 Å². The van der Waals surface area contributed by atoms with E-state index in [2.05, 4.69) is 4.98 Å². The molecule has 102 valence electrons. The molecule has 0 aliphatic carbocycles. The van der Waals surface area contributed by atoms with Crippen molar-refractivity contribution < 1.29 is 13.2 Å². The Balaban J connectivity index is 2.11. The summed E-state index contributed by atoms with van der Waals surface area (Å²) in [6.45, 7) is 1.84. The van der Waals surface area contributed by atoms with E-state index in [1.54, 1.807) is 0 Å². The van der Waals surface area contributed by atoms with Gasteiger partial charge in [-0.15, -0.1) is 11.3 Å². The smallest absolute Gasteiger partial charge is 0.323 e. The molecule has 0 aliphatic heterocycles. The second kappa shape index (κ2) is 5.30. The van der Waals surface area contributed by atoms with Crippen molar-refractivity contribution in [3.05, 3.63) is 51.5 Å². The lowest BCUT2D eigenvalue weighted by Gasteiger charge is -2.06. The second-order valence-corrected chi connectivity index (χ2v) is 5.27. The van der Waals surface area contributed by atoms with Gasteiger partial charge in [0.1, 0.15) is 0 Å². The molecule has 1 atom stereocenters. The Kier molecular flexibility index (Phi) is 3.91. The monoisotopic (exact) mass is 286 g/mol. The molecule has 2 N–H and O–H groups in total. The molecule has 1 aromatic carbocycles. The van der Waals surface area contributed by atoms with E-state index < -0.39 is 11.7 Å². The van der Waals surface area contributed by atoms with E-state index in [-0.39, 0.29) is 6.04 Å². The molecule has 0 bridgehead atoms. The summed E-state index contributed by atoms with van der Waals surface area (Å²) >= 11 is 1.47. The number of thiazole rings is 1. The van der Waals surface area contributed by atoms with Gasteiger partial charge in [-0.25, -0.2) is 4.98 Å². The van der Waals surface area contributed by atoms with Gasteiger partial charge in [-0.1, -0.05) is 12.1 Å². The predicted octanol–water partition coefficient (Wildman–Crippen LogP) is 3.77. The first-order valence-corrected chi connectivity index (χ1v) is 6.60. The Morgan fingerprint density at radius 2 is 1.89 bits per heavy atom. The largest absolute Gasteiger partial charge is 0.416 e. The van der Waals surface area contributed by atoms with Crippen LogP contribution in [-0.4, -0.2) is 4.98 Å². The van der Waals surface area contributed by atoms with Gasteiger partial charge in [-0.05, 0) is 24.6 Å². The third-order valence-corrected chi connectivity index (χ3v) is 3.54. The molecule has 0 saturated heterocycles. The molecular weight excluding hydrogens is 273 g/mol. The summed E-state index contributed by atoms with van der Waals surface area (Å²) in [4.78, 5) is 4.35. The van der Waals surface area contributed by atoms with Crippen LogP contribution in [0.1, 0.15) is 34.8 Å². The van der Waals surface area contributed by atoms with Crippen LogP contribution in [0.15, 0.2) is 29.6 Å². The molecule has 0 spiro atoms. The first-order chi connectivity index (χ1) is 8.86. The van der Waals surface area contributed by atoms with Gasteiger partial charge in [0, 0.05) is 17.8 Å². The topological polar surface area (TPSA) is 38.9 Å². The lowest BCUT2D eigenvalue weighted by Crippen LogP contribution is -2.05. The summed E-state index contributed by atoms with van der Waals surface area (Å²) in [6, 6.07) is 5.02. The zero-order chi connectivity index (χ0) is 14.0. The van der Waals surface area contributed by atoms with Crippen LogP contribution in [0.3, 0.4) is 0 Å². The van der Waals surface area contributed by atoms with E-state index in [9.17, 15) is 13.2 Å². The van der Waals surface area contributed by atoms with E-state index in [1.807, 2.05) is 12.3 Å². The number of aromatic nitrogens is 1. The number of halogens is 3. The number of hydrogen-bond donors (Lipinski definition) is 1. The molecule has 0 amide bonds. The standard InChI is InChI=1S/C13H13F3N2S/c1-8(17)11-7-19-12(18-11)6-9-2-4-10(5-3-9)13(14,15)16/h2-5,7-8H,6,17H2,1H3. The van der Waals surface area contributed by atoms with Crippen molar-refractivity contribution in [1.29, 1.82) is 0 Å².